The quantitative estimate of drug-likeness (QED) is 0.699. The first kappa shape index (κ1) is 17.6. The zero-order chi connectivity index (χ0) is 15.3. The third-order valence-corrected chi connectivity index (χ3v) is 5.57. The number of nitrogens with one attached hydrogen (secondary N) is 1. The Bertz CT molecular complexity index is 589. The van der Waals surface area contributed by atoms with E-state index in [9.17, 15) is 13.2 Å². The Hall–Kier alpha value is -0.440. The molecule has 0 heterocycles. The Labute approximate surface area is 135 Å². The van der Waals surface area contributed by atoms with Crippen molar-refractivity contribution in [3.05, 3.63) is 27.1 Å². The molecule has 0 fully saturated rings. The van der Waals surface area contributed by atoms with Crippen LogP contribution < -0.4 is 4.72 Å². The molecule has 0 saturated carbocycles. The molecule has 8 heteroatoms. The molecule has 20 heavy (non-hydrogen) atoms. The fourth-order valence-electron chi connectivity index (χ4n) is 1.48. The van der Waals surface area contributed by atoms with Crippen LogP contribution in [-0.2, 0) is 14.8 Å². The largest absolute Gasteiger partial charge is 0.481 e. The van der Waals surface area contributed by atoms with Crippen LogP contribution in [0.3, 0.4) is 0 Å². The Kier molecular flexibility index (Phi) is 6.63. The lowest BCUT2D eigenvalue weighted by molar-refractivity contribution is -0.137. The van der Waals surface area contributed by atoms with Gasteiger partial charge in [-0.25, -0.2) is 13.1 Å². The lowest BCUT2D eigenvalue weighted by Crippen LogP contribution is -2.29. The fourth-order valence-corrected chi connectivity index (χ4v) is 4.15. The molecular formula is C12H15Br2NO4S. The molecule has 0 aliphatic carbocycles. The second-order valence-corrected chi connectivity index (χ2v) is 7.97. The van der Waals surface area contributed by atoms with E-state index in [1.807, 2.05) is 0 Å². The Morgan fingerprint density at radius 2 is 2.05 bits per heavy atom. The maximum Gasteiger partial charge on any atom is 0.303 e. The summed E-state index contributed by atoms with van der Waals surface area (Å²) in [5.41, 5.74) is 0. The molecule has 0 spiro atoms. The fraction of sp³-hybridized carbons (Fsp3) is 0.417. The van der Waals surface area contributed by atoms with E-state index in [1.165, 1.54) is 6.07 Å². The first-order chi connectivity index (χ1) is 9.22. The third-order valence-electron chi connectivity index (χ3n) is 2.66. The van der Waals surface area contributed by atoms with Gasteiger partial charge in [-0.3, -0.25) is 4.79 Å². The number of carboxylic acids is 1. The number of aliphatic carboxylic acids is 1. The molecule has 0 saturated heterocycles. The molecule has 0 aliphatic heterocycles. The van der Waals surface area contributed by atoms with Crippen LogP contribution in [0.4, 0.5) is 0 Å². The van der Waals surface area contributed by atoms with E-state index in [-0.39, 0.29) is 23.8 Å². The maximum atomic E-state index is 12.2. The van der Waals surface area contributed by atoms with Crippen molar-refractivity contribution in [2.75, 3.05) is 6.54 Å². The molecular weight excluding hydrogens is 414 g/mol. The highest BCUT2D eigenvalue weighted by Gasteiger charge is 2.19. The topological polar surface area (TPSA) is 83.5 Å². The highest BCUT2D eigenvalue weighted by atomic mass is 79.9. The molecule has 2 N–H and O–H groups in total. The van der Waals surface area contributed by atoms with E-state index in [2.05, 4.69) is 36.6 Å². The second kappa shape index (κ2) is 7.53. The Morgan fingerprint density at radius 3 is 2.65 bits per heavy atom. The van der Waals surface area contributed by atoms with Crippen LogP contribution in [0, 0.1) is 5.92 Å². The molecule has 1 aromatic rings. The molecule has 1 rings (SSSR count). The monoisotopic (exact) mass is 427 g/mol. The number of carbonyl (C=O) groups is 1. The predicted octanol–water partition coefficient (Wildman–Crippen LogP) is 2.99. The van der Waals surface area contributed by atoms with Crippen molar-refractivity contribution in [3.8, 4) is 0 Å². The SMILES string of the molecule is CC(CCC(=O)O)CNS(=O)(=O)c1cc(Br)ccc1Br. The summed E-state index contributed by atoms with van der Waals surface area (Å²) >= 11 is 6.44. The highest BCUT2D eigenvalue weighted by molar-refractivity contribution is 9.11. The first-order valence-corrected chi connectivity index (χ1v) is 8.96. The van der Waals surface area contributed by atoms with Crippen molar-refractivity contribution >= 4 is 47.9 Å². The van der Waals surface area contributed by atoms with Gasteiger partial charge in [0.1, 0.15) is 0 Å². The van der Waals surface area contributed by atoms with E-state index in [1.54, 1.807) is 19.1 Å². The van der Waals surface area contributed by atoms with Crippen molar-refractivity contribution in [3.63, 3.8) is 0 Å². The lowest BCUT2D eigenvalue weighted by Gasteiger charge is -2.13. The van der Waals surface area contributed by atoms with Gasteiger partial charge in [-0.2, -0.15) is 0 Å². The minimum absolute atomic E-state index is 0.0312. The van der Waals surface area contributed by atoms with Crippen LogP contribution in [0.1, 0.15) is 19.8 Å². The molecule has 0 amide bonds. The molecule has 5 nitrogen and oxygen atoms in total. The van der Waals surface area contributed by atoms with Gasteiger partial charge in [-0.05, 0) is 46.5 Å². The van der Waals surface area contributed by atoms with Gasteiger partial charge in [0.15, 0.2) is 0 Å². The smallest absolute Gasteiger partial charge is 0.303 e. The molecule has 0 bridgehead atoms. The summed E-state index contributed by atoms with van der Waals surface area (Å²) in [7, 11) is -3.62. The highest BCUT2D eigenvalue weighted by Crippen LogP contribution is 2.25. The average molecular weight is 429 g/mol. The van der Waals surface area contributed by atoms with Crippen LogP contribution in [0.5, 0.6) is 0 Å². The van der Waals surface area contributed by atoms with E-state index in [0.717, 1.165) is 0 Å². The lowest BCUT2D eigenvalue weighted by atomic mass is 10.1. The number of hydrogen-bond donors (Lipinski definition) is 2. The van der Waals surface area contributed by atoms with Gasteiger partial charge < -0.3 is 5.11 Å². The van der Waals surface area contributed by atoms with Gasteiger partial charge >= 0.3 is 5.97 Å². The van der Waals surface area contributed by atoms with Crippen molar-refractivity contribution in [2.24, 2.45) is 5.92 Å². The minimum atomic E-state index is -3.62. The molecule has 0 aromatic heterocycles. The Morgan fingerprint density at radius 1 is 1.40 bits per heavy atom. The molecule has 0 aliphatic rings. The van der Waals surface area contributed by atoms with E-state index in [4.69, 9.17) is 5.11 Å². The minimum Gasteiger partial charge on any atom is -0.481 e. The molecule has 1 unspecified atom stereocenters. The van der Waals surface area contributed by atoms with E-state index < -0.39 is 16.0 Å². The number of benzene rings is 1. The van der Waals surface area contributed by atoms with Crippen molar-refractivity contribution in [1.82, 2.24) is 4.72 Å². The van der Waals surface area contributed by atoms with Gasteiger partial charge in [0.25, 0.3) is 0 Å². The van der Waals surface area contributed by atoms with E-state index in [0.29, 0.717) is 15.4 Å². The number of sulfonamides is 1. The Balaban J connectivity index is 2.70. The summed E-state index contributed by atoms with van der Waals surface area (Å²) < 4.78 is 28.0. The van der Waals surface area contributed by atoms with Crippen LogP contribution in [-0.4, -0.2) is 26.0 Å². The number of halogens is 2. The van der Waals surface area contributed by atoms with Gasteiger partial charge in [-0.1, -0.05) is 22.9 Å². The van der Waals surface area contributed by atoms with Crippen LogP contribution in [0.2, 0.25) is 0 Å². The number of carboxylic acid groups (broad SMARTS) is 1. The molecule has 0 radical (unpaired) electrons. The van der Waals surface area contributed by atoms with Gasteiger partial charge in [0.05, 0.1) is 4.90 Å². The summed E-state index contributed by atoms with van der Waals surface area (Å²) in [4.78, 5) is 10.6. The first-order valence-electron chi connectivity index (χ1n) is 5.89. The van der Waals surface area contributed by atoms with Crippen LogP contribution in [0.25, 0.3) is 0 Å². The van der Waals surface area contributed by atoms with Gasteiger partial charge in [0.2, 0.25) is 10.0 Å². The van der Waals surface area contributed by atoms with Crippen molar-refractivity contribution < 1.29 is 18.3 Å². The summed E-state index contributed by atoms with van der Waals surface area (Å²) in [5, 5.41) is 8.59. The second-order valence-electron chi connectivity index (χ2n) is 4.46. The molecule has 112 valence electrons. The number of rotatable bonds is 7. The summed E-state index contributed by atoms with van der Waals surface area (Å²) in [6, 6.07) is 4.89. The van der Waals surface area contributed by atoms with Crippen LogP contribution >= 0.6 is 31.9 Å². The standard InChI is InChI=1S/C12H15Br2NO4S/c1-8(2-5-12(16)17)7-15-20(18,19)11-6-9(13)3-4-10(11)14/h3-4,6,8,15H,2,5,7H2,1H3,(H,16,17). The van der Waals surface area contributed by atoms with Crippen molar-refractivity contribution in [1.29, 1.82) is 0 Å². The molecule has 1 atom stereocenters. The molecule has 1 aromatic carbocycles. The van der Waals surface area contributed by atoms with Gasteiger partial charge in [-0.15, -0.1) is 0 Å². The van der Waals surface area contributed by atoms with Crippen molar-refractivity contribution in [2.45, 2.75) is 24.7 Å². The average Bonchev–Trinajstić information content (AvgIpc) is 2.36. The zero-order valence-electron chi connectivity index (χ0n) is 10.8. The summed E-state index contributed by atoms with van der Waals surface area (Å²) in [5.74, 6) is -0.929. The maximum absolute atomic E-state index is 12.2. The summed E-state index contributed by atoms with van der Waals surface area (Å²) in [6.45, 7) is 2.01. The number of hydrogen-bond acceptors (Lipinski definition) is 3. The van der Waals surface area contributed by atoms with E-state index >= 15 is 0 Å². The van der Waals surface area contributed by atoms with Gasteiger partial charge in [0, 0.05) is 21.9 Å². The normalized spacial score (nSPS) is 13.2. The third kappa shape index (κ3) is 5.51. The predicted molar refractivity (Wildman–Crippen MR) is 83.1 cm³/mol. The summed E-state index contributed by atoms with van der Waals surface area (Å²) in [6.07, 6.45) is 0.459. The van der Waals surface area contributed by atoms with Crippen LogP contribution in [0.15, 0.2) is 32.0 Å². The zero-order valence-corrected chi connectivity index (χ0v) is 14.8.